The highest BCUT2D eigenvalue weighted by atomic mass is 19.4. The van der Waals surface area contributed by atoms with Crippen LogP contribution in [0.1, 0.15) is 24.3 Å². The molecule has 0 unspecified atom stereocenters. The zero-order valence-corrected chi connectivity index (χ0v) is 11.1. The number of alkyl halides is 3. The average molecular weight is 282 g/mol. The molecule has 108 valence electrons. The number of aromatic nitrogens is 1. The van der Waals surface area contributed by atoms with Gasteiger partial charge in [0.25, 0.3) is 0 Å². The van der Waals surface area contributed by atoms with E-state index in [1.807, 2.05) is 24.4 Å². The number of benzene rings is 1. The first-order chi connectivity index (χ1) is 9.53. The first-order valence-electron chi connectivity index (χ1n) is 6.88. The topological polar surface area (TPSA) is 19.0 Å². The highest BCUT2D eigenvalue weighted by Gasteiger charge is 2.33. The lowest BCUT2D eigenvalue weighted by Crippen LogP contribution is -2.39. The maximum Gasteiger partial charge on any atom is 0.401 e. The van der Waals surface area contributed by atoms with Gasteiger partial charge >= 0.3 is 6.18 Å². The molecule has 0 aliphatic carbocycles. The quantitative estimate of drug-likeness (QED) is 0.885. The molecule has 2 aromatic rings. The summed E-state index contributed by atoms with van der Waals surface area (Å²) < 4.78 is 37.1. The van der Waals surface area contributed by atoms with E-state index in [4.69, 9.17) is 0 Å². The molecular weight excluding hydrogens is 265 g/mol. The largest absolute Gasteiger partial charge is 0.401 e. The van der Waals surface area contributed by atoms with E-state index < -0.39 is 12.7 Å². The van der Waals surface area contributed by atoms with Crippen molar-refractivity contribution in [3.8, 4) is 0 Å². The summed E-state index contributed by atoms with van der Waals surface area (Å²) in [7, 11) is 0. The number of halogens is 3. The Kier molecular flexibility index (Phi) is 3.46. The fraction of sp³-hybridized carbons (Fsp3) is 0.467. The first kappa shape index (κ1) is 13.5. The van der Waals surface area contributed by atoms with Crippen molar-refractivity contribution in [1.29, 1.82) is 0 Å². The molecule has 1 saturated heterocycles. The normalized spacial score (nSPS) is 18.8. The SMILES string of the molecule is FC(F)(F)CN1CCC(c2c[nH]c3ccccc23)CC1. The molecule has 0 saturated carbocycles. The Balaban J connectivity index is 1.69. The van der Waals surface area contributed by atoms with Gasteiger partial charge in [0.1, 0.15) is 0 Å². The molecule has 2 nitrogen and oxygen atoms in total. The maximum absolute atomic E-state index is 12.4. The summed E-state index contributed by atoms with van der Waals surface area (Å²) in [5.41, 5.74) is 2.34. The summed E-state index contributed by atoms with van der Waals surface area (Å²) in [4.78, 5) is 4.75. The Morgan fingerprint density at radius 1 is 1.15 bits per heavy atom. The van der Waals surface area contributed by atoms with Crippen LogP contribution >= 0.6 is 0 Å². The number of hydrogen-bond acceptors (Lipinski definition) is 1. The van der Waals surface area contributed by atoms with Crippen LogP contribution in [-0.2, 0) is 0 Å². The fourth-order valence-electron chi connectivity index (χ4n) is 3.09. The second-order valence-corrected chi connectivity index (χ2v) is 5.46. The molecule has 0 atom stereocenters. The molecular formula is C15H17F3N2. The molecule has 20 heavy (non-hydrogen) atoms. The Morgan fingerprint density at radius 3 is 2.55 bits per heavy atom. The molecule has 0 radical (unpaired) electrons. The lowest BCUT2D eigenvalue weighted by molar-refractivity contribution is -0.147. The molecule has 1 fully saturated rings. The minimum Gasteiger partial charge on any atom is -0.361 e. The molecule has 1 N–H and O–H groups in total. The van der Waals surface area contributed by atoms with E-state index in [1.165, 1.54) is 15.8 Å². The molecule has 1 aliphatic rings. The Hall–Kier alpha value is -1.49. The standard InChI is InChI=1S/C15H17F3N2/c16-15(17,18)10-20-7-5-11(6-8-20)13-9-19-14-4-2-1-3-12(13)14/h1-4,9,11,19H,5-8,10H2. The highest BCUT2D eigenvalue weighted by Crippen LogP contribution is 2.33. The van der Waals surface area contributed by atoms with Gasteiger partial charge in [-0.3, -0.25) is 4.90 Å². The van der Waals surface area contributed by atoms with E-state index in [2.05, 4.69) is 11.1 Å². The van der Waals surface area contributed by atoms with Gasteiger partial charge in [-0.25, -0.2) is 0 Å². The van der Waals surface area contributed by atoms with Crippen LogP contribution in [-0.4, -0.2) is 35.7 Å². The van der Waals surface area contributed by atoms with E-state index in [0.29, 0.717) is 19.0 Å². The highest BCUT2D eigenvalue weighted by molar-refractivity contribution is 5.83. The van der Waals surface area contributed by atoms with Crippen LogP contribution in [0.4, 0.5) is 13.2 Å². The van der Waals surface area contributed by atoms with E-state index in [9.17, 15) is 13.2 Å². The third kappa shape index (κ3) is 2.82. The van der Waals surface area contributed by atoms with Crippen molar-refractivity contribution in [2.24, 2.45) is 0 Å². The van der Waals surface area contributed by atoms with Gasteiger partial charge in [0.15, 0.2) is 0 Å². The summed E-state index contributed by atoms with van der Waals surface area (Å²) in [5.74, 6) is 0.357. The number of hydrogen-bond donors (Lipinski definition) is 1. The van der Waals surface area contributed by atoms with Crippen molar-refractivity contribution in [3.05, 3.63) is 36.0 Å². The summed E-state index contributed by atoms with van der Waals surface area (Å²) in [6, 6.07) is 8.08. The van der Waals surface area contributed by atoms with Crippen LogP contribution in [0.5, 0.6) is 0 Å². The average Bonchev–Trinajstić information content (AvgIpc) is 2.82. The van der Waals surface area contributed by atoms with Crippen molar-refractivity contribution >= 4 is 10.9 Å². The van der Waals surface area contributed by atoms with E-state index in [0.717, 1.165) is 18.4 Å². The second-order valence-electron chi connectivity index (χ2n) is 5.46. The number of fused-ring (bicyclic) bond motifs is 1. The smallest absolute Gasteiger partial charge is 0.361 e. The van der Waals surface area contributed by atoms with Crippen LogP contribution in [0.15, 0.2) is 30.5 Å². The molecule has 0 amide bonds. The second kappa shape index (κ2) is 5.13. The molecule has 2 heterocycles. The van der Waals surface area contributed by atoms with Crippen LogP contribution in [0.2, 0.25) is 0 Å². The molecule has 5 heteroatoms. The van der Waals surface area contributed by atoms with E-state index >= 15 is 0 Å². The zero-order chi connectivity index (χ0) is 14.2. The van der Waals surface area contributed by atoms with Gasteiger partial charge in [-0.2, -0.15) is 13.2 Å². The number of para-hydroxylation sites is 1. The molecule has 1 aromatic heterocycles. The van der Waals surface area contributed by atoms with Gasteiger partial charge < -0.3 is 4.98 Å². The van der Waals surface area contributed by atoms with Crippen molar-refractivity contribution < 1.29 is 13.2 Å². The van der Waals surface area contributed by atoms with E-state index in [-0.39, 0.29) is 0 Å². The first-order valence-corrected chi connectivity index (χ1v) is 6.88. The predicted molar refractivity (Wildman–Crippen MR) is 72.8 cm³/mol. The number of likely N-dealkylation sites (tertiary alicyclic amines) is 1. The summed E-state index contributed by atoms with van der Waals surface area (Å²) >= 11 is 0. The molecule has 0 bridgehead atoms. The molecule has 1 aromatic carbocycles. The number of nitrogens with zero attached hydrogens (tertiary/aromatic N) is 1. The Morgan fingerprint density at radius 2 is 1.85 bits per heavy atom. The number of piperidine rings is 1. The van der Waals surface area contributed by atoms with Crippen LogP contribution in [0.25, 0.3) is 10.9 Å². The molecule has 1 aliphatic heterocycles. The van der Waals surface area contributed by atoms with Crippen LogP contribution < -0.4 is 0 Å². The third-order valence-corrected chi connectivity index (χ3v) is 4.05. The van der Waals surface area contributed by atoms with Gasteiger partial charge in [0.2, 0.25) is 0 Å². The van der Waals surface area contributed by atoms with Gasteiger partial charge in [-0.15, -0.1) is 0 Å². The summed E-state index contributed by atoms with van der Waals surface area (Å²) in [6.45, 7) is 0.251. The van der Waals surface area contributed by atoms with Crippen LogP contribution in [0.3, 0.4) is 0 Å². The lowest BCUT2D eigenvalue weighted by Gasteiger charge is -2.32. The number of H-pyrrole nitrogens is 1. The van der Waals surface area contributed by atoms with Gasteiger partial charge in [-0.1, -0.05) is 18.2 Å². The van der Waals surface area contributed by atoms with E-state index in [1.54, 1.807) is 0 Å². The third-order valence-electron chi connectivity index (χ3n) is 4.05. The lowest BCUT2D eigenvalue weighted by atomic mass is 9.89. The Bertz CT molecular complexity index is 580. The number of aromatic amines is 1. The van der Waals surface area contributed by atoms with Gasteiger partial charge in [0, 0.05) is 17.1 Å². The molecule has 0 spiro atoms. The van der Waals surface area contributed by atoms with Crippen molar-refractivity contribution in [2.75, 3.05) is 19.6 Å². The predicted octanol–water partition coefficient (Wildman–Crippen LogP) is 3.91. The van der Waals surface area contributed by atoms with Gasteiger partial charge in [-0.05, 0) is 43.5 Å². The minimum absolute atomic E-state index is 0.357. The minimum atomic E-state index is -4.09. The number of nitrogens with one attached hydrogen (secondary N) is 1. The Labute approximate surface area is 115 Å². The number of rotatable bonds is 2. The van der Waals surface area contributed by atoms with Gasteiger partial charge in [0.05, 0.1) is 6.54 Å². The fourth-order valence-corrected chi connectivity index (χ4v) is 3.09. The van der Waals surface area contributed by atoms with Crippen LogP contribution in [0, 0.1) is 0 Å². The molecule has 3 rings (SSSR count). The maximum atomic E-state index is 12.4. The van der Waals surface area contributed by atoms with Crippen molar-refractivity contribution in [2.45, 2.75) is 24.9 Å². The summed E-state index contributed by atoms with van der Waals surface area (Å²) in [6.07, 6.45) is -0.502. The van der Waals surface area contributed by atoms with Crippen molar-refractivity contribution in [1.82, 2.24) is 9.88 Å². The monoisotopic (exact) mass is 282 g/mol. The summed E-state index contributed by atoms with van der Waals surface area (Å²) in [5, 5.41) is 1.20. The zero-order valence-electron chi connectivity index (χ0n) is 11.1. The van der Waals surface area contributed by atoms with Crippen molar-refractivity contribution in [3.63, 3.8) is 0 Å².